The Labute approximate surface area is 252 Å². The molecule has 0 aliphatic carbocycles. The number of carbonyl (C=O) groups excluding carboxylic acids is 3. The van der Waals surface area contributed by atoms with Crippen LogP contribution in [0.25, 0.3) is 0 Å². The monoisotopic (exact) mass is 608 g/mol. The van der Waals surface area contributed by atoms with Crippen molar-refractivity contribution >= 4 is 17.9 Å². The van der Waals surface area contributed by atoms with Crippen molar-refractivity contribution in [2.24, 2.45) is 0 Å². The Bertz CT molecular complexity index is 1250. The van der Waals surface area contributed by atoms with Gasteiger partial charge in [0.15, 0.2) is 0 Å². The van der Waals surface area contributed by atoms with E-state index in [2.05, 4.69) is 54.6 Å². The van der Waals surface area contributed by atoms with E-state index in [9.17, 15) is 29.7 Å². The van der Waals surface area contributed by atoms with Gasteiger partial charge in [0.1, 0.15) is 0 Å². The van der Waals surface area contributed by atoms with E-state index in [0.29, 0.717) is 0 Å². The van der Waals surface area contributed by atoms with Gasteiger partial charge in [-0.1, -0.05) is 127 Å². The molecule has 0 heterocycles. The zero-order valence-corrected chi connectivity index (χ0v) is 24.0. The second kappa shape index (κ2) is 19.6. The number of carboxylic acid groups (broad SMARTS) is 3. The molecule has 0 radical (unpaired) electrons. The van der Waals surface area contributed by atoms with Gasteiger partial charge < -0.3 is 29.7 Å². The van der Waals surface area contributed by atoms with Crippen molar-refractivity contribution in [3.05, 3.63) is 173 Å². The van der Waals surface area contributed by atoms with Crippen molar-refractivity contribution < 1.29 is 55.9 Å². The van der Waals surface area contributed by atoms with E-state index in [1.54, 1.807) is 54.6 Å². The van der Waals surface area contributed by atoms with Crippen LogP contribution in [0.5, 0.6) is 0 Å². The maximum atomic E-state index is 10.1. The Morgan fingerprint density at radius 1 is 0.450 bits per heavy atom. The number of benzene rings is 4. The second-order valence-corrected chi connectivity index (χ2v) is 7.92. The summed E-state index contributed by atoms with van der Waals surface area (Å²) in [7, 11) is 0. The molecule has 0 unspecified atom stereocenters. The first-order valence-corrected chi connectivity index (χ1v) is 11.9. The maximum Gasteiger partial charge on any atom is 4.00 e. The van der Waals surface area contributed by atoms with Crippen LogP contribution < -0.4 is 15.3 Å². The summed E-state index contributed by atoms with van der Waals surface area (Å²) in [6, 6.07) is 43.2. The third-order valence-corrected chi connectivity index (χ3v) is 5.01. The summed E-state index contributed by atoms with van der Waals surface area (Å²) < 4.78 is 0. The topological polar surface area (TPSA) is 120 Å². The molecule has 0 N–H and O–H groups in total. The SMILES string of the molecule is O=C([O-])c1ccccc1.O=C([O-])c1ccccc1.O=C([O-])c1ccccc1.[Zr+4].c1ccc(C[c-]2cccc2)cc1. The summed E-state index contributed by atoms with van der Waals surface area (Å²) in [5.74, 6) is -3.39. The normalized spacial score (nSPS) is 9.00. The molecule has 0 bridgehead atoms. The zero-order chi connectivity index (χ0) is 28.3. The zero-order valence-electron chi connectivity index (χ0n) is 21.5. The Kier molecular flexibility index (Phi) is 16.4. The number of rotatable bonds is 5. The molecule has 40 heavy (non-hydrogen) atoms. The predicted molar refractivity (Wildman–Crippen MR) is 144 cm³/mol. The van der Waals surface area contributed by atoms with Crippen molar-refractivity contribution in [1.82, 2.24) is 0 Å². The summed E-state index contributed by atoms with van der Waals surface area (Å²) in [4.78, 5) is 30.3. The molecule has 0 saturated carbocycles. The first-order chi connectivity index (χ1) is 18.9. The predicted octanol–water partition coefficient (Wildman–Crippen LogP) is 3.14. The van der Waals surface area contributed by atoms with Crippen LogP contribution in [0.1, 0.15) is 42.2 Å². The Hall–Kier alpha value is -4.48. The number of carboxylic acids is 3. The Balaban J connectivity index is 0.000000267. The number of hydrogen-bond donors (Lipinski definition) is 0. The first-order valence-electron chi connectivity index (χ1n) is 11.9. The number of carbonyl (C=O) groups is 3. The largest absolute Gasteiger partial charge is 4.00 e. The second-order valence-electron chi connectivity index (χ2n) is 7.92. The van der Waals surface area contributed by atoms with Crippen LogP contribution in [0.2, 0.25) is 0 Å². The number of aromatic carboxylic acids is 3. The van der Waals surface area contributed by atoms with E-state index in [4.69, 9.17) is 0 Å². The van der Waals surface area contributed by atoms with Crippen LogP contribution in [0, 0.1) is 0 Å². The van der Waals surface area contributed by atoms with Crippen molar-refractivity contribution in [1.29, 1.82) is 0 Å². The Morgan fingerprint density at radius 2 is 0.725 bits per heavy atom. The van der Waals surface area contributed by atoms with Gasteiger partial charge in [-0.25, -0.2) is 12.1 Å². The fraction of sp³-hybridized carbons (Fsp3) is 0.0303. The van der Waals surface area contributed by atoms with Gasteiger partial charge in [0, 0.05) is 0 Å². The average Bonchev–Trinajstić information content (AvgIpc) is 3.49. The van der Waals surface area contributed by atoms with E-state index in [1.165, 1.54) is 47.5 Å². The molecular weight excluding hydrogens is 584 g/mol. The van der Waals surface area contributed by atoms with Crippen molar-refractivity contribution in [2.45, 2.75) is 6.42 Å². The molecule has 0 atom stereocenters. The molecular formula is C33H26O6Zr. The molecule has 0 fully saturated rings. The standard InChI is InChI=1S/C12H11.3C7H6O2.Zr/c1-2-6-11(7-3-1)10-12-8-4-5-9-12;3*8-7(9)6-4-2-1-3-5-6;/h1-9H,10H2;3*1-5H,(H,8,9);/q-1;;;;+4/p-3. The van der Waals surface area contributed by atoms with Crippen LogP contribution in [0.3, 0.4) is 0 Å². The van der Waals surface area contributed by atoms with Gasteiger partial charge >= 0.3 is 26.2 Å². The molecule has 0 spiro atoms. The van der Waals surface area contributed by atoms with Crippen LogP contribution in [0.15, 0.2) is 146 Å². The van der Waals surface area contributed by atoms with Gasteiger partial charge in [0.2, 0.25) is 0 Å². The third-order valence-electron chi connectivity index (χ3n) is 5.01. The molecule has 5 aromatic rings. The molecule has 0 saturated heterocycles. The number of hydrogen-bond acceptors (Lipinski definition) is 6. The molecule has 5 aromatic carbocycles. The summed E-state index contributed by atoms with van der Waals surface area (Å²) in [5, 5.41) is 30.3. The molecule has 7 heteroatoms. The van der Waals surface area contributed by atoms with Crippen LogP contribution in [-0.4, -0.2) is 17.9 Å². The summed E-state index contributed by atoms with van der Waals surface area (Å²) in [6.07, 6.45) is 1.05. The molecule has 198 valence electrons. The molecule has 6 nitrogen and oxygen atoms in total. The van der Waals surface area contributed by atoms with Crippen molar-refractivity contribution in [3.63, 3.8) is 0 Å². The van der Waals surface area contributed by atoms with Crippen molar-refractivity contribution in [2.75, 3.05) is 0 Å². The maximum absolute atomic E-state index is 10.1. The molecule has 0 amide bonds. The minimum Gasteiger partial charge on any atom is -0.545 e. The third kappa shape index (κ3) is 13.9. The fourth-order valence-electron chi connectivity index (χ4n) is 3.09. The smallest absolute Gasteiger partial charge is 0.545 e. The van der Waals surface area contributed by atoms with Gasteiger partial charge in [-0.15, -0.1) is 0 Å². The minimum atomic E-state index is -1.13. The fourth-order valence-corrected chi connectivity index (χ4v) is 3.09. The van der Waals surface area contributed by atoms with E-state index in [0.717, 1.165) is 6.42 Å². The Morgan fingerprint density at radius 3 is 0.975 bits per heavy atom. The minimum absolute atomic E-state index is 0. The van der Waals surface area contributed by atoms with Gasteiger partial charge in [-0.05, 0) is 23.1 Å². The first kappa shape index (κ1) is 33.6. The van der Waals surface area contributed by atoms with Gasteiger partial charge in [-0.3, -0.25) is 0 Å². The van der Waals surface area contributed by atoms with Crippen LogP contribution in [-0.2, 0) is 32.6 Å². The average molecular weight is 610 g/mol. The van der Waals surface area contributed by atoms with E-state index >= 15 is 0 Å². The molecule has 0 aliphatic heterocycles. The van der Waals surface area contributed by atoms with Gasteiger partial charge in [0.05, 0.1) is 17.9 Å². The van der Waals surface area contributed by atoms with Crippen LogP contribution >= 0.6 is 0 Å². The summed E-state index contributed by atoms with van der Waals surface area (Å²) in [5.41, 5.74) is 3.43. The van der Waals surface area contributed by atoms with E-state index in [1.807, 2.05) is 0 Å². The van der Waals surface area contributed by atoms with E-state index < -0.39 is 17.9 Å². The summed E-state index contributed by atoms with van der Waals surface area (Å²) in [6.45, 7) is 0. The van der Waals surface area contributed by atoms with Crippen molar-refractivity contribution in [3.8, 4) is 0 Å². The quantitative estimate of drug-likeness (QED) is 0.283. The summed E-state index contributed by atoms with van der Waals surface area (Å²) >= 11 is 0. The molecule has 0 aliphatic rings. The molecule has 5 rings (SSSR count). The van der Waals surface area contributed by atoms with Crippen LogP contribution in [0.4, 0.5) is 0 Å². The van der Waals surface area contributed by atoms with Gasteiger partial charge in [-0.2, -0.15) is 17.7 Å². The van der Waals surface area contributed by atoms with E-state index in [-0.39, 0.29) is 42.9 Å². The molecule has 0 aromatic heterocycles. The van der Waals surface area contributed by atoms with Gasteiger partial charge in [0.25, 0.3) is 0 Å².